The van der Waals surface area contributed by atoms with Crippen LogP contribution in [-0.4, -0.2) is 24.9 Å². The minimum atomic E-state index is -0.404. The van der Waals surface area contributed by atoms with Crippen LogP contribution in [0.1, 0.15) is 6.92 Å². The Bertz CT molecular complexity index is 302. The van der Waals surface area contributed by atoms with Gasteiger partial charge in [0.2, 0.25) is 0 Å². The predicted octanol–water partition coefficient (Wildman–Crippen LogP) is 2.14. The normalized spacial score (nSPS) is 12.3. The summed E-state index contributed by atoms with van der Waals surface area (Å²) in [6, 6.07) is 5.31. The summed E-state index contributed by atoms with van der Waals surface area (Å²) in [6.07, 6.45) is -0.404. The van der Waals surface area contributed by atoms with Gasteiger partial charge >= 0.3 is 0 Å². The van der Waals surface area contributed by atoms with Crippen molar-refractivity contribution in [3.63, 3.8) is 0 Å². The van der Waals surface area contributed by atoms with E-state index in [0.29, 0.717) is 11.6 Å². The highest BCUT2D eigenvalue weighted by Gasteiger charge is 2.03. The van der Waals surface area contributed by atoms with Crippen LogP contribution >= 0.6 is 11.6 Å². The topological polar surface area (TPSA) is 41.5 Å². The maximum absolute atomic E-state index is 9.11. The Morgan fingerprint density at radius 2 is 2.29 bits per heavy atom. The Morgan fingerprint density at radius 1 is 1.57 bits per heavy atom. The van der Waals surface area contributed by atoms with E-state index in [1.807, 2.05) is 0 Å². The number of methoxy groups -OCH3 is 1. The highest BCUT2D eigenvalue weighted by Crippen LogP contribution is 2.27. The molecule has 0 bridgehead atoms. The molecule has 3 nitrogen and oxygen atoms in total. The van der Waals surface area contributed by atoms with Gasteiger partial charge in [0.15, 0.2) is 0 Å². The number of halogens is 1. The first-order valence-corrected chi connectivity index (χ1v) is 4.76. The molecule has 0 fully saturated rings. The van der Waals surface area contributed by atoms with Crippen molar-refractivity contribution < 1.29 is 9.84 Å². The van der Waals surface area contributed by atoms with Crippen molar-refractivity contribution in [2.75, 3.05) is 19.0 Å². The summed E-state index contributed by atoms with van der Waals surface area (Å²) in [7, 11) is 1.59. The zero-order valence-electron chi connectivity index (χ0n) is 8.25. The van der Waals surface area contributed by atoms with Gasteiger partial charge in [-0.3, -0.25) is 0 Å². The smallest absolute Gasteiger partial charge is 0.142 e. The molecule has 0 aliphatic heterocycles. The van der Waals surface area contributed by atoms with Gasteiger partial charge in [-0.15, -0.1) is 0 Å². The molecule has 1 rings (SSSR count). The van der Waals surface area contributed by atoms with Gasteiger partial charge in [-0.05, 0) is 25.1 Å². The number of aliphatic hydroxyl groups is 1. The second kappa shape index (κ2) is 5.08. The maximum atomic E-state index is 9.11. The van der Waals surface area contributed by atoms with Crippen molar-refractivity contribution in [2.24, 2.45) is 0 Å². The van der Waals surface area contributed by atoms with Crippen molar-refractivity contribution in [1.82, 2.24) is 0 Å². The van der Waals surface area contributed by atoms with E-state index in [-0.39, 0.29) is 0 Å². The molecule has 0 unspecified atom stereocenters. The van der Waals surface area contributed by atoms with Crippen LogP contribution in [0.3, 0.4) is 0 Å². The molecule has 14 heavy (non-hydrogen) atoms. The van der Waals surface area contributed by atoms with E-state index in [1.165, 1.54) is 0 Å². The lowest BCUT2D eigenvalue weighted by Crippen LogP contribution is -2.15. The van der Waals surface area contributed by atoms with Gasteiger partial charge < -0.3 is 15.2 Å². The molecule has 0 aliphatic rings. The predicted molar refractivity (Wildman–Crippen MR) is 58.2 cm³/mol. The lowest BCUT2D eigenvalue weighted by molar-refractivity contribution is 0.208. The Morgan fingerprint density at radius 3 is 2.86 bits per heavy atom. The molecule has 0 aliphatic carbocycles. The van der Waals surface area contributed by atoms with Gasteiger partial charge in [-0.2, -0.15) is 0 Å². The Balaban J connectivity index is 2.77. The van der Waals surface area contributed by atoms with E-state index < -0.39 is 6.10 Å². The van der Waals surface area contributed by atoms with Crippen LogP contribution in [-0.2, 0) is 0 Å². The highest BCUT2D eigenvalue weighted by atomic mass is 35.5. The van der Waals surface area contributed by atoms with Gasteiger partial charge in [-0.25, -0.2) is 0 Å². The van der Waals surface area contributed by atoms with Crippen molar-refractivity contribution in [1.29, 1.82) is 0 Å². The molecule has 0 saturated heterocycles. The minimum absolute atomic E-state index is 0.404. The number of aliphatic hydroxyl groups excluding tert-OH is 1. The number of nitrogens with one attached hydrogen (secondary N) is 1. The van der Waals surface area contributed by atoms with Gasteiger partial charge in [-0.1, -0.05) is 11.6 Å². The van der Waals surface area contributed by atoms with E-state index in [9.17, 15) is 0 Å². The van der Waals surface area contributed by atoms with Crippen LogP contribution in [0.15, 0.2) is 18.2 Å². The van der Waals surface area contributed by atoms with Gasteiger partial charge in [0.05, 0.1) is 18.9 Å². The summed E-state index contributed by atoms with van der Waals surface area (Å²) in [6.45, 7) is 2.18. The Kier molecular flexibility index (Phi) is 4.04. The average molecular weight is 216 g/mol. The lowest BCUT2D eigenvalue weighted by atomic mass is 10.3. The average Bonchev–Trinajstić information content (AvgIpc) is 2.15. The van der Waals surface area contributed by atoms with Crippen LogP contribution in [0.2, 0.25) is 5.02 Å². The Labute approximate surface area is 88.7 Å². The number of hydrogen-bond acceptors (Lipinski definition) is 3. The van der Waals surface area contributed by atoms with E-state index in [4.69, 9.17) is 21.4 Å². The molecule has 0 aromatic heterocycles. The van der Waals surface area contributed by atoms with E-state index >= 15 is 0 Å². The first-order chi connectivity index (χ1) is 6.63. The number of hydrogen-bond donors (Lipinski definition) is 2. The van der Waals surface area contributed by atoms with Crippen molar-refractivity contribution in [3.05, 3.63) is 23.2 Å². The second-order valence-corrected chi connectivity index (χ2v) is 3.51. The van der Waals surface area contributed by atoms with E-state index in [2.05, 4.69) is 5.32 Å². The molecule has 2 N–H and O–H groups in total. The number of anilines is 1. The summed E-state index contributed by atoms with van der Waals surface area (Å²) >= 11 is 5.83. The summed E-state index contributed by atoms with van der Waals surface area (Å²) < 4.78 is 5.13. The lowest BCUT2D eigenvalue weighted by Gasteiger charge is -2.12. The van der Waals surface area contributed by atoms with Gasteiger partial charge in [0.1, 0.15) is 5.75 Å². The third-order valence-electron chi connectivity index (χ3n) is 1.75. The summed E-state index contributed by atoms with van der Waals surface area (Å²) in [5.41, 5.74) is 0.793. The minimum Gasteiger partial charge on any atom is -0.495 e. The maximum Gasteiger partial charge on any atom is 0.142 e. The second-order valence-electron chi connectivity index (χ2n) is 3.07. The fraction of sp³-hybridized carbons (Fsp3) is 0.400. The molecule has 4 heteroatoms. The molecule has 0 amide bonds. The first kappa shape index (κ1) is 11.1. The van der Waals surface area contributed by atoms with Gasteiger partial charge in [0, 0.05) is 11.6 Å². The van der Waals surface area contributed by atoms with Crippen molar-refractivity contribution in [2.45, 2.75) is 13.0 Å². The molecule has 0 saturated carbocycles. The van der Waals surface area contributed by atoms with E-state index in [1.54, 1.807) is 32.2 Å². The van der Waals surface area contributed by atoms with Crippen LogP contribution < -0.4 is 10.1 Å². The number of benzene rings is 1. The zero-order valence-corrected chi connectivity index (χ0v) is 9.01. The summed E-state index contributed by atoms with van der Waals surface area (Å²) in [4.78, 5) is 0. The molecule has 0 spiro atoms. The standard InChI is InChI=1S/C10H14ClNO2/c1-7(13)6-12-9-5-8(11)3-4-10(9)14-2/h3-5,7,12-13H,6H2,1-2H3/t7-/m0/s1. The molecule has 1 aromatic carbocycles. The molecule has 0 heterocycles. The molecule has 1 atom stereocenters. The molecule has 1 aromatic rings. The van der Waals surface area contributed by atoms with Crippen molar-refractivity contribution >= 4 is 17.3 Å². The monoisotopic (exact) mass is 215 g/mol. The van der Waals surface area contributed by atoms with Crippen LogP contribution in [0.25, 0.3) is 0 Å². The SMILES string of the molecule is COc1ccc(Cl)cc1NC[C@H](C)O. The number of rotatable bonds is 4. The van der Waals surface area contributed by atoms with Crippen LogP contribution in [0.5, 0.6) is 5.75 Å². The molecule has 0 radical (unpaired) electrons. The molecular formula is C10H14ClNO2. The largest absolute Gasteiger partial charge is 0.495 e. The van der Waals surface area contributed by atoms with Crippen LogP contribution in [0.4, 0.5) is 5.69 Å². The molecule has 78 valence electrons. The molecular weight excluding hydrogens is 202 g/mol. The Hall–Kier alpha value is -0.930. The highest BCUT2D eigenvalue weighted by molar-refractivity contribution is 6.30. The fourth-order valence-electron chi connectivity index (χ4n) is 1.08. The van der Waals surface area contributed by atoms with Crippen LogP contribution in [0, 0.1) is 0 Å². The zero-order chi connectivity index (χ0) is 10.6. The summed E-state index contributed by atoms with van der Waals surface area (Å²) in [5, 5.41) is 12.8. The number of ether oxygens (including phenoxy) is 1. The third kappa shape index (κ3) is 3.09. The fourth-order valence-corrected chi connectivity index (χ4v) is 1.25. The van der Waals surface area contributed by atoms with Crippen molar-refractivity contribution in [3.8, 4) is 5.75 Å². The quantitative estimate of drug-likeness (QED) is 0.809. The first-order valence-electron chi connectivity index (χ1n) is 4.39. The van der Waals surface area contributed by atoms with E-state index in [0.717, 1.165) is 11.4 Å². The third-order valence-corrected chi connectivity index (χ3v) is 1.98. The van der Waals surface area contributed by atoms with Gasteiger partial charge in [0.25, 0.3) is 0 Å². The summed E-state index contributed by atoms with van der Waals surface area (Å²) in [5.74, 6) is 0.718.